The van der Waals surface area contributed by atoms with Crippen LogP contribution in [0.3, 0.4) is 0 Å². The number of nitrogens with two attached hydrogens (primary N) is 1. The second kappa shape index (κ2) is 5.74. The lowest BCUT2D eigenvalue weighted by atomic mass is 10.00. The van der Waals surface area contributed by atoms with Crippen LogP contribution in [0.5, 0.6) is 0 Å². The van der Waals surface area contributed by atoms with Gasteiger partial charge in [-0.05, 0) is 33.7 Å². The van der Waals surface area contributed by atoms with Gasteiger partial charge in [-0.25, -0.2) is 4.98 Å². The van der Waals surface area contributed by atoms with E-state index in [2.05, 4.69) is 94.9 Å². The van der Waals surface area contributed by atoms with Crippen molar-refractivity contribution < 1.29 is 0 Å². The maximum Gasteiger partial charge on any atom is 0.198 e. The van der Waals surface area contributed by atoms with E-state index in [1.807, 2.05) is 0 Å². The molecule has 1 heterocycles. The second-order valence-electron chi connectivity index (χ2n) is 6.47. The molecule has 3 nitrogen and oxygen atoms in total. The van der Waals surface area contributed by atoms with Gasteiger partial charge in [-0.1, -0.05) is 72.8 Å². The van der Waals surface area contributed by atoms with Crippen LogP contribution in [0.15, 0.2) is 84.9 Å². The normalized spacial score (nSPS) is 11.2. The van der Waals surface area contributed by atoms with E-state index in [9.17, 15) is 0 Å². The number of hydrogen-bond donors (Lipinski definition) is 2. The van der Waals surface area contributed by atoms with Crippen LogP contribution in [0.2, 0.25) is 0 Å². The SMILES string of the molecule is Nc1nc(-c2ccc3ccccc3c2)c(-c2ccc3ccccc3c2)[nH]1. The standard InChI is InChI=1S/C23H17N3/c24-23-25-21(19-11-9-15-5-1-3-7-17(15)13-19)22(26-23)20-12-10-16-6-2-4-8-18(16)14-20/h1-14H,(H3,24,25,26). The summed E-state index contributed by atoms with van der Waals surface area (Å²) in [6, 6.07) is 29.5. The first-order valence-electron chi connectivity index (χ1n) is 8.62. The van der Waals surface area contributed by atoms with Gasteiger partial charge in [0.1, 0.15) is 0 Å². The fourth-order valence-electron chi connectivity index (χ4n) is 3.49. The summed E-state index contributed by atoms with van der Waals surface area (Å²) in [6.07, 6.45) is 0. The van der Waals surface area contributed by atoms with Crippen LogP contribution in [0.4, 0.5) is 5.95 Å². The van der Waals surface area contributed by atoms with Crippen molar-refractivity contribution in [2.24, 2.45) is 0 Å². The van der Waals surface area contributed by atoms with Gasteiger partial charge in [-0.15, -0.1) is 0 Å². The number of nitrogens with zero attached hydrogens (tertiary/aromatic N) is 1. The molecule has 0 unspecified atom stereocenters. The molecule has 0 bridgehead atoms. The first kappa shape index (κ1) is 14.7. The van der Waals surface area contributed by atoms with E-state index in [0.717, 1.165) is 22.5 Å². The number of benzene rings is 4. The summed E-state index contributed by atoms with van der Waals surface area (Å²) in [5.41, 5.74) is 9.97. The predicted octanol–water partition coefficient (Wildman–Crippen LogP) is 5.63. The monoisotopic (exact) mass is 335 g/mol. The molecule has 4 aromatic carbocycles. The Morgan fingerprint density at radius 3 is 1.81 bits per heavy atom. The summed E-state index contributed by atoms with van der Waals surface area (Å²) in [5.74, 6) is 0.427. The van der Waals surface area contributed by atoms with E-state index in [-0.39, 0.29) is 0 Å². The van der Waals surface area contributed by atoms with Gasteiger partial charge in [-0.2, -0.15) is 0 Å². The lowest BCUT2D eigenvalue weighted by Crippen LogP contribution is -1.85. The number of H-pyrrole nitrogens is 1. The van der Waals surface area contributed by atoms with Gasteiger partial charge in [-0.3, -0.25) is 0 Å². The second-order valence-corrected chi connectivity index (χ2v) is 6.47. The minimum atomic E-state index is 0.427. The number of anilines is 1. The van der Waals surface area contributed by atoms with Crippen LogP contribution >= 0.6 is 0 Å². The van der Waals surface area contributed by atoms with Gasteiger partial charge in [0.2, 0.25) is 0 Å². The highest BCUT2D eigenvalue weighted by Crippen LogP contribution is 2.33. The minimum absolute atomic E-state index is 0.427. The molecule has 0 saturated carbocycles. The Morgan fingerprint density at radius 2 is 1.15 bits per heavy atom. The third kappa shape index (κ3) is 2.42. The summed E-state index contributed by atoms with van der Waals surface area (Å²) in [5, 5.41) is 4.82. The molecular weight excluding hydrogens is 318 g/mol. The zero-order valence-corrected chi connectivity index (χ0v) is 14.1. The van der Waals surface area contributed by atoms with Gasteiger partial charge in [0.25, 0.3) is 0 Å². The summed E-state index contributed by atoms with van der Waals surface area (Å²) < 4.78 is 0. The summed E-state index contributed by atoms with van der Waals surface area (Å²) in [4.78, 5) is 7.81. The highest BCUT2D eigenvalue weighted by molar-refractivity contribution is 5.92. The average Bonchev–Trinajstić information content (AvgIpc) is 3.09. The highest BCUT2D eigenvalue weighted by Gasteiger charge is 2.14. The predicted molar refractivity (Wildman–Crippen MR) is 109 cm³/mol. The molecule has 0 saturated heterocycles. The molecule has 0 aliphatic carbocycles. The lowest BCUT2D eigenvalue weighted by Gasteiger charge is -2.06. The van der Waals surface area contributed by atoms with Gasteiger partial charge in [0.15, 0.2) is 5.95 Å². The van der Waals surface area contributed by atoms with Gasteiger partial charge >= 0.3 is 0 Å². The smallest absolute Gasteiger partial charge is 0.198 e. The quantitative estimate of drug-likeness (QED) is 0.439. The number of fused-ring (bicyclic) bond motifs is 2. The number of aromatic amines is 1. The van der Waals surface area contributed by atoms with Crippen molar-refractivity contribution in [3.8, 4) is 22.5 Å². The Labute approximate surface area is 151 Å². The van der Waals surface area contributed by atoms with Crippen LogP contribution in [0, 0.1) is 0 Å². The van der Waals surface area contributed by atoms with Crippen LogP contribution in [0.1, 0.15) is 0 Å². The number of nitrogen functional groups attached to an aromatic ring is 1. The van der Waals surface area contributed by atoms with E-state index >= 15 is 0 Å². The topological polar surface area (TPSA) is 54.7 Å². The number of aromatic nitrogens is 2. The van der Waals surface area contributed by atoms with E-state index in [4.69, 9.17) is 5.73 Å². The molecule has 0 fully saturated rings. The zero-order chi connectivity index (χ0) is 17.5. The number of rotatable bonds is 2. The van der Waals surface area contributed by atoms with Crippen LogP contribution < -0.4 is 5.73 Å². The van der Waals surface area contributed by atoms with E-state index in [1.165, 1.54) is 21.5 Å². The molecule has 124 valence electrons. The first-order chi connectivity index (χ1) is 12.8. The molecule has 26 heavy (non-hydrogen) atoms. The molecule has 5 rings (SSSR count). The molecule has 3 N–H and O–H groups in total. The molecule has 0 aliphatic heterocycles. The van der Waals surface area contributed by atoms with Crippen molar-refractivity contribution in [2.45, 2.75) is 0 Å². The maximum atomic E-state index is 6.01. The number of hydrogen-bond acceptors (Lipinski definition) is 2. The molecule has 0 radical (unpaired) electrons. The third-order valence-electron chi connectivity index (χ3n) is 4.78. The fraction of sp³-hybridized carbons (Fsp3) is 0. The minimum Gasteiger partial charge on any atom is -0.369 e. The number of nitrogens with one attached hydrogen (secondary N) is 1. The molecule has 0 spiro atoms. The molecule has 1 aromatic heterocycles. The first-order valence-corrected chi connectivity index (χ1v) is 8.62. The molecular formula is C23H17N3. The van der Waals surface area contributed by atoms with Crippen molar-refractivity contribution >= 4 is 27.5 Å². The lowest BCUT2D eigenvalue weighted by molar-refractivity contribution is 1.33. The van der Waals surface area contributed by atoms with Crippen LogP contribution in [-0.2, 0) is 0 Å². The highest BCUT2D eigenvalue weighted by atomic mass is 15.0. The van der Waals surface area contributed by atoms with Crippen molar-refractivity contribution in [3.05, 3.63) is 84.9 Å². The molecule has 0 amide bonds. The molecule has 0 atom stereocenters. The van der Waals surface area contributed by atoms with E-state index in [1.54, 1.807) is 0 Å². The maximum absolute atomic E-state index is 6.01. The van der Waals surface area contributed by atoms with Gasteiger partial charge in [0, 0.05) is 11.1 Å². The molecule has 0 aliphatic rings. The Kier molecular flexibility index (Phi) is 3.25. The van der Waals surface area contributed by atoms with Crippen molar-refractivity contribution in [2.75, 3.05) is 5.73 Å². The van der Waals surface area contributed by atoms with Crippen LogP contribution in [-0.4, -0.2) is 9.97 Å². The third-order valence-corrected chi connectivity index (χ3v) is 4.78. The van der Waals surface area contributed by atoms with Crippen molar-refractivity contribution in [3.63, 3.8) is 0 Å². The Balaban J connectivity index is 1.70. The van der Waals surface area contributed by atoms with E-state index < -0.39 is 0 Å². The van der Waals surface area contributed by atoms with E-state index in [0.29, 0.717) is 5.95 Å². The van der Waals surface area contributed by atoms with Gasteiger partial charge < -0.3 is 10.7 Å². The van der Waals surface area contributed by atoms with Crippen molar-refractivity contribution in [1.29, 1.82) is 0 Å². The summed E-state index contributed by atoms with van der Waals surface area (Å²) >= 11 is 0. The van der Waals surface area contributed by atoms with Gasteiger partial charge in [0.05, 0.1) is 11.4 Å². The fourth-order valence-corrected chi connectivity index (χ4v) is 3.49. The summed E-state index contributed by atoms with van der Waals surface area (Å²) in [6.45, 7) is 0. The largest absolute Gasteiger partial charge is 0.369 e. The van der Waals surface area contributed by atoms with Crippen LogP contribution in [0.25, 0.3) is 44.1 Å². The Hall–Kier alpha value is -3.59. The zero-order valence-electron chi connectivity index (χ0n) is 14.1. The Morgan fingerprint density at radius 1 is 0.615 bits per heavy atom. The molecule has 3 heteroatoms. The molecule has 5 aromatic rings. The Bertz CT molecular complexity index is 1150. The van der Waals surface area contributed by atoms with Crippen molar-refractivity contribution in [1.82, 2.24) is 9.97 Å². The average molecular weight is 335 g/mol. The number of imidazole rings is 1. The summed E-state index contributed by atoms with van der Waals surface area (Å²) in [7, 11) is 0.